The Bertz CT molecular complexity index is 1770. The molecule has 0 radical (unpaired) electrons. The molecule has 0 bridgehead atoms. The molecule has 5 aromatic carbocycles. The topological polar surface area (TPSA) is 168 Å². The van der Waals surface area contributed by atoms with Gasteiger partial charge in [0.15, 0.2) is 0 Å². The summed E-state index contributed by atoms with van der Waals surface area (Å²) < 4.78 is 11.5. The monoisotopic (exact) mass is 590 g/mol. The Morgan fingerprint density at radius 3 is 1.05 bits per heavy atom. The van der Waals surface area contributed by atoms with Gasteiger partial charge in [-0.05, 0) is 89.0 Å². The zero-order valence-electron chi connectivity index (χ0n) is 22.6. The van der Waals surface area contributed by atoms with Crippen LogP contribution in [0, 0.1) is 0 Å². The molecule has 0 unspecified atom stereocenters. The second kappa shape index (κ2) is 12.2. The number of carboxylic acid groups (broad SMARTS) is 4. The van der Waals surface area contributed by atoms with Crippen molar-refractivity contribution < 1.29 is 49.1 Å². The summed E-state index contributed by atoms with van der Waals surface area (Å²) in [5.74, 6) is -4.17. The highest BCUT2D eigenvalue weighted by atomic mass is 16.5. The number of hydrogen-bond donors (Lipinski definition) is 4. The van der Waals surface area contributed by atoms with E-state index in [-0.39, 0.29) is 33.8 Å². The maximum absolute atomic E-state index is 11.5. The van der Waals surface area contributed by atoms with Crippen LogP contribution in [0.1, 0.15) is 41.4 Å². The van der Waals surface area contributed by atoms with Crippen molar-refractivity contribution in [2.75, 3.05) is 0 Å². The summed E-state index contributed by atoms with van der Waals surface area (Å²) in [6.45, 7) is 0. The predicted molar refractivity (Wildman–Crippen MR) is 158 cm³/mol. The number of aromatic carboxylic acids is 4. The molecular formula is C34H22O10. The molecule has 0 aliphatic carbocycles. The van der Waals surface area contributed by atoms with Crippen molar-refractivity contribution in [3.05, 3.63) is 131 Å². The summed E-state index contributed by atoms with van der Waals surface area (Å²) in [7, 11) is 0. The first-order valence-corrected chi connectivity index (χ1v) is 13.0. The van der Waals surface area contributed by atoms with Crippen molar-refractivity contribution in [2.45, 2.75) is 0 Å². The second-order valence-electron chi connectivity index (χ2n) is 9.47. The van der Waals surface area contributed by atoms with Crippen LogP contribution in [0.15, 0.2) is 109 Å². The Balaban J connectivity index is 1.30. The number of carbonyl (C=O) groups is 4. The minimum atomic E-state index is -1.37. The summed E-state index contributed by atoms with van der Waals surface area (Å²) in [5, 5.41) is 37.1. The number of hydrogen-bond acceptors (Lipinski definition) is 6. The minimum Gasteiger partial charge on any atom is -0.478 e. The summed E-state index contributed by atoms with van der Waals surface area (Å²) in [5.41, 5.74) is 2.24. The third-order valence-electron chi connectivity index (χ3n) is 6.61. The Morgan fingerprint density at radius 2 is 0.705 bits per heavy atom. The van der Waals surface area contributed by atoms with E-state index in [4.69, 9.17) is 9.47 Å². The molecule has 218 valence electrons. The van der Waals surface area contributed by atoms with Crippen LogP contribution in [0.3, 0.4) is 0 Å². The Morgan fingerprint density at radius 1 is 0.364 bits per heavy atom. The molecule has 44 heavy (non-hydrogen) atoms. The third-order valence-corrected chi connectivity index (χ3v) is 6.61. The molecule has 0 heterocycles. The van der Waals surface area contributed by atoms with E-state index in [1.807, 2.05) is 48.5 Å². The molecule has 5 aromatic rings. The highest BCUT2D eigenvalue weighted by molar-refractivity contribution is 6.02. The molecule has 0 fully saturated rings. The normalized spacial score (nSPS) is 10.5. The van der Waals surface area contributed by atoms with Gasteiger partial charge < -0.3 is 29.9 Å². The van der Waals surface area contributed by atoms with Gasteiger partial charge in [-0.25, -0.2) is 19.2 Å². The maximum atomic E-state index is 11.5. The Kier molecular flexibility index (Phi) is 8.07. The van der Waals surface area contributed by atoms with Crippen LogP contribution in [0.25, 0.3) is 22.3 Å². The van der Waals surface area contributed by atoms with E-state index >= 15 is 0 Å². The van der Waals surface area contributed by atoms with Crippen molar-refractivity contribution in [2.24, 2.45) is 0 Å². The molecule has 0 spiro atoms. The standard InChI is InChI=1S/C34H22O10/c35-31(36)27-14-12-25(17-29(27)33(39)40)43-23-8-4-19(5-9-23)21-2-1-3-22(16-21)20-6-10-24(11-7-20)44-26-13-15-28(32(37)38)30(18-26)34(41)42/h1-18H,(H,35,36)(H,37,38)(H,39,40)(H,41,42). The minimum absolute atomic E-state index is 0.189. The van der Waals surface area contributed by atoms with Crippen LogP contribution in [0.4, 0.5) is 0 Å². The molecule has 0 saturated carbocycles. The third kappa shape index (κ3) is 6.39. The van der Waals surface area contributed by atoms with Gasteiger partial charge in [-0.2, -0.15) is 0 Å². The lowest BCUT2D eigenvalue weighted by Gasteiger charge is -2.11. The first-order valence-electron chi connectivity index (χ1n) is 13.0. The number of ether oxygens (including phenoxy) is 2. The van der Waals surface area contributed by atoms with Crippen molar-refractivity contribution in [3.8, 4) is 45.3 Å². The van der Waals surface area contributed by atoms with Crippen molar-refractivity contribution in [1.82, 2.24) is 0 Å². The zero-order chi connectivity index (χ0) is 31.4. The molecular weight excluding hydrogens is 568 g/mol. The second-order valence-corrected chi connectivity index (χ2v) is 9.47. The van der Waals surface area contributed by atoms with Gasteiger partial charge in [0, 0.05) is 0 Å². The molecule has 5 rings (SSSR count). The number of rotatable bonds is 10. The fraction of sp³-hybridized carbons (Fsp3) is 0. The quantitative estimate of drug-likeness (QED) is 0.129. The van der Waals surface area contributed by atoms with Gasteiger partial charge in [0.25, 0.3) is 0 Å². The Labute approximate surface area is 249 Å². The average Bonchev–Trinajstić information content (AvgIpc) is 3.01. The molecule has 4 N–H and O–H groups in total. The van der Waals surface area contributed by atoms with Crippen molar-refractivity contribution >= 4 is 23.9 Å². The molecule has 10 nitrogen and oxygen atoms in total. The van der Waals surface area contributed by atoms with Crippen LogP contribution in [-0.2, 0) is 0 Å². The van der Waals surface area contributed by atoms with Gasteiger partial charge in [0.1, 0.15) is 23.0 Å². The highest BCUT2D eigenvalue weighted by Crippen LogP contribution is 2.32. The maximum Gasteiger partial charge on any atom is 0.336 e. The van der Waals surface area contributed by atoms with E-state index in [1.165, 1.54) is 36.4 Å². The van der Waals surface area contributed by atoms with E-state index in [9.17, 15) is 39.6 Å². The Hall–Kier alpha value is -6.42. The van der Waals surface area contributed by atoms with Gasteiger partial charge in [-0.1, -0.05) is 42.5 Å². The molecule has 0 aliphatic rings. The SMILES string of the molecule is O=C(O)c1ccc(Oc2ccc(-c3cccc(-c4ccc(Oc5ccc(C(=O)O)c(C(=O)O)c5)cc4)c3)cc2)cc1C(=O)O. The first-order chi connectivity index (χ1) is 21.1. The lowest BCUT2D eigenvalue weighted by Crippen LogP contribution is -2.07. The average molecular weight is 591 g/mol. The highest BCUT2D eigenvalue weighted by Gasteiger charge is 2.18. The largest absolute Gasteiger partial charge is 0.478 e. The lowest BCUT2D eigenvalue weighted by atomic mass is 9.99. The van der Waals surface area contributed by atoms with E-state index in [0.29, 0.717) is 11.5 Å². The molecule has 0 atom stereocenters. The van der Waals surface area contributed by atoms with Gasteiger partial charge in [0.05, 0.1) is 22.3 Å². The molecule has 0 saturated heterocycles. The molecule has 0 aliphatic heterocycles. The van der Waals surface area contributed by atoms with E-state index in [1.54, 1.807) is 24.3 Å². The van der Waals surface area contributed by atoms with Crippen LogP contribution in [-0.4, -0.2) is 44.3 Å². The smallest absolute Gasteiger partial charge is 0.336 e. The predicted octanol–water partition coefficient (Wildman–Crippen LogP) is 7.40. The van der Waals surface area contributed by atoms with Crippen LogP contribution in [0.5, 0.6) is 23.0 Å². The molecule has 0 aromatic heterocycles. The zero-order valence-corrected chi connectivity index (χ0v) is 22.6. The molecule has 10 heteroatoms. The lowest BCUT2D eigenvalue weighted by molar-refractivity contribution is 0.0651. The summed E-state index contributed by atoms with van der Waals surface area (Å²) in [6.07, 6.45) is 0. The number of benzene rings is 5. The van der Waals surface area contributed by atoms with E-state index in [2.05, 4.69) is 0 Å². The summed E-state index contributed by atoms with van der Waals surface area (Å²) in [6, 6.07) is 29.6. The van der Waals surface area contributed by atoms with E-state index < -0.39 is 23.9 Å². The van der Waals surface area contributed by atoms with Gasteiger partial charge in [-0.3, -0.25) is 0 Å². The fourth-order valence-electron chi connectivity index (χ4n) is 4.48. The van der Waals surface area contributed by atoms with Gasteiger partial charge in [-0.15, -0.1) is 0 Å². The van der Waals surface area contributed by atoms with Crippen LogP contribution < -0.4 is 9.47 Å². The van der Waals surface area contributed by atoms with Crippen LogP contribution in [0.2, 0.25) is 0 Å². The first kappa shape index (κ1) is 29.1. The molecule has 0 amide bonds. The van der Waals surface area contributed by atoms with Crippen molar-refractivity contribution in [3.63, 3.8) is 0 Å². The fourth-order valence-corrected chi connectivity index (χ4v) is 4.48. The van der Waals surface area contributed by atoms with Crippen molar-refractivity contribution in [1.29, 1.82) is 0 Å². The summed E-state index contributed by atoms with van der Waals surface area (Å²) in [4.78, 5) is 45.5. The number of carboxylic acids is 4. The summed E-state index contributed by atoms with van der Waals surface area (Å²) >= 11 is 0. The van der Waals surface area contributed by atoms with Crippen LogP contribution >= 0.6 is 0 Å². The van der Waals surface area contributed by atoms with E-state index in [0.717, 1.165) is 22.3 Å². The van der Waals surface area contributed by atoms with Gasteiger partial charge >= 0.3 is 23.9 Å². The van der Waals surface area contributed by atoms with Gasteiger partial charge in [0.2, 0.25) is 0 Å².